The Morgan fingerprint density at radius 1 is 0.732 bits per heavy atom. The highest BCUT2D eigenvalue weighted by molar-refractivity contribution is 6.30. The number of nitrogens with zero attached hydrogens (tertiary/aromatic N) is 3. The first-order chi connectivity index (χ1) is 20.1. The fourth-order valence-corrected chi connectivity index (χ4v) is 5.28. The predicted octanol–water partition coefficient (Wildman–Crippen LogP) is 8.40. The van der Waals surface area contributed by atoms with Gasteiger partial charge in [0.2, 0.25) is 0 Å². The molecule has 0 fully saturated rings. The lowest BCUT2D eigenvalue weighted by Crippen LogP contribution is -2.25. The standard InChI is InChI=1S/C35H46ClN3O2/c1-4-7-24-39-34-27-32(40-25-9-23-38(5-2)6-3)20-21-33(34)37-35(39)11-8-10-28-14-18-31(19-15-28)41-26-22-29-12-16-30(36)17-13-29/h12-21,27H,4-11,22-26H2,1-3H3. The van der Waals surface area contributed by atoms with Gasteiger partial charge >= 0.3 is 0 Å². The fourth-order valence-electron chi connectivity index (χ4n) is 5.16. The summed E-state index contributed by atoms with van der Waals surface area (Å²) in [5, 5.41) is 0.763. The van der Waals surface area contributed by atoms with Crippen molar-refractivity contribution >= 4 is 22.6 Å². The van der Waals surface area contributed by atoms with E-state index in [1.54, 1.807) is 0 Å². The minimum absolute atomic E-state index is 0.651. The third-order valence-electron chi connectivity index (χ3n) is 7.68. The molecule has 0 N–H and O–H groups in total. The van der Waals surface area contributed by atoms with Crippen LogP contribution in [0.1, 0.15) is 63.4 Å². The van der Waals surface area contributed by atoms with Crippen LogP contribution < -0.4 is 9.47 Å². The molecular formula is C35H46ClN3O2. The van der Waals surface area contributed by atoms with Crippen molar-refractivity contribution in [1.82, 2.24) is 14.5 Å². The Bertz CT molecular complexity index is 1310. The molecule has 4 rings (SSSR count). The fraction of sp³-hybridized carbons (Fsp3) is 0.457. The van der Waals surface area contributed by atoms with Gasteiger partial charge in [0, 0.05) is 37.0 Å². The highest BCUT2D eigenvalue weighted by atomic mass is 35.5. The van der Waals surface area contributed by atoms with E-state index in [2.05, 4.69) is 72.7 Å². The summed E-state index contributed by atoms with van der Waals surface area (Å²) in [6.45, 7) is 12.3. The van der Waals surface area contributed by atoms with Crippen molar-refractivity contribution in [2.24, 2.45) is 0 Å². The van der Waals surface area contributed by atoms with E-state index in [4.69, 9.17) is 26.1 Å². The molecule has 0 unspecified atom stereocenters. The van der Waals surface area contributed by atoms with Crippen LogP contribution in [0.3, 0.4) is 0 Å². The van der Waals surface area contributed by atoms with Gasteiger partial charge < -0.3 is 18.9 Å². The number of aromatic nitrogens is 2. The second-order valence-electron chi connectivity index (χ2n) is 10.6. The van der Waals surface area contributed by atoms with Crippen LogP contribution in [0.15, 0.2) is 66.7 Å². The first kappa shape index (κ1) is 30.9. The molecule has 41 heavy (non-hydrogen) atoms. The summed E-state index contributed by atoms with van der Waals surface area (Å²) < 4.78 is 14.5. The molecule has 0 radical (unpaired) electrons. The highest BCUT2D eigenvalue weighted by Crippen LogP contribution is 2.24. The Hall–Kier alpha value is -3.02. The number of unbranched alkanes of at least 4 members (excludes halogenated alkanes) is 1. The maximum absolute atomic E-state index is 6.14. The van der Waals surface area contributed by atoms with E-state index >= 15 is 0 Å². The quantitative estimate of drug-likeness (QED) is 0.112. The molecule has 0 saturated heterocycles. The summed E-state index contributed by atoms with van der Waals surface area (Å²) in [7, 11) is 0. The summed E-state index contributed by atoms with van der Waals surface area (Å²) in [5.74, 6) is 3.03. The summed E-state index contributed by atoms with van der Waals surface area (Å²) in [4.78, 5) is 7.47. The summed E-state index contributed by atoms with van der Waals surface area (Å²) in [6.07, 6.45) is 7.24. The Labute approximate surface area is 251 Å². The average Bonchev–Trinajstić information content (AvgIpc) is 3.34. The number of ether oxygens (including phenoxy) is 2. The molecule has 0 atom stereocenters. The van der Waals surface area contributed by atoms with E-state index in [0.717, 1.165) is 99.8 Å². The SMILES string of the molecule is CCCCn1c(CCCc2ccc(OCCc3ccc(Cl)cc3)cc2)nc2ccc(OCCCN(CC)CC)cc21. The van der Waals surface area contributed by atoms with Crippen LogP contribution in [0.25, 0.3) is 11.0 Å². The smallest absolute Gasteiger partial charge is 0.121 e. The van der Waals surface area contributed by atoms with Crippen molar-refractivity contribution in [3.05, 3.63) is 88.7 Å². The van der Waals surface area contributed by atoms with Crippen LogP contribution in [0.2, 0.25) is 5.02 Å². The molecule has 1 aromatic heterocycles. The minimum atomic E-state index is 0.651. The molecular weight excluding hydrogens is 530 g/mol. The third-order valence-corrected chi connectivity index (χ3v) is 7.93. The van der Waals surface area contributed by atoms with Crippen LogP contribution >= 0.6 is 11.6 Å². The van der Waals surface area contributed by atoms with Gasteiger partial charge in [-0.2, -0.15) is 0 Å². The zero-order valence-electron chi connectivity index (χ0n) is 25.1. The maximum Gasteiger partial charge on any atom is 0.121 e. The van der Waals surface area contributed by atoms with E-state index in [0.29, 0.717) is 6.61 Å². The Kier molecular flexibility index (Phi) is 12.4. The first-order valence-corrected chi connectivity index (χ1v) is 15.8. The lowest BCUT2D eigenvalue weighted by Gasteiger charge is -2.17. The lowest BCUT2D eigenvalue weighted by atomic mass is 10.1. The van der Waals surface area contributed by atoms with Gasteiger partial charge in [0.05, 0.1) is 24.2 Å². The third kappa shape index (κ3) is 9.51. The number of aryl methyl sites for hydroxylation is 3. The zero-order valence-corrected chi connectivity index (χ0v) is 25.8. The lowest BCUT2D eigenvalue weighted by molar-refractivity contribution is 0.249. The molecule has 0 aliphatic rings. The molecule has 220 valence electrons. The number of rotatable bonds is 18. The summed E-state index contributed by atoms with van der Waals surface area (Å²) in [5.41, 5.74) is 4.80. The molecule has 1 heterocycles. The molecule has 0 saturated carbocycles. The Morgan fingerprint density at radius 2 is 1.41 bits per heavy atom. The molecule has 0 aliphatic heterocycles. The average molecular weight is 576 g/mol. The molecule has 6 heteroatoms. The van der Waals surface area contributed by atoms with Crippen molar-refractivity contribution in [1.29, 1.82) is 0 Å². The van der Waals surface area contributed by atoms with Crippen molar-refractivity contribution in [2.75, 3.05) is 32.8 Å². The molecule has 0 amide bonds. The van der Waals surface area contributed by atoms with Crippen molar-refractivity contribution in [3.63, 3.8) is 0 Å². The number of halogens is 1. The van der Waals surface area contributed by atoms with Gasteiger partial charge in [-0.1, -0.05) is 63.1 Å². The van der Waals surface area contributed by atoms with Gasteiger partial charge in [-0.15, -0.1) is 0 Å². The number of hydrogen-bond donors (Lipinski definition) is 0. The molecule has 4 aromatic rings. The van der Waals surface area contributed by atoms with Gasteiger partial charge in [-0.05, 0) is 86.3 Å². The number of hydrogen-bond acceptors (Lipinski definition) is 4. The first-order valence-electron chi connectivity index (χ1n) is 15.4. The zero-order chi connectivity index (χ0) is 28.9. The second-order valence-corrected chi connectivity index (χ2v) is 11.1. The van der Waals surface area contributed by atoms with Gasteiger partial charge in [0.15, 0.2) is 0 Å². The van der Waals surface area contributed by atoms with Gasteiger partial charge in [0.1, 0.15) is 17.3 Å². The van der Waals surface area contributed by atoms with Crippen LogP contribution in [0.4, 0.5) is 0 Å². The molecule has 0 aliphatic carbocycles. The van der Waals surface area contributed by atoms with Crippen LogP contribution in [0, 0.1) is 0 Å². The molecule has 0 spiro atoms. The normalized spacial score (nSPS) is 11.4. The van der Waals surface area contributed by atoms with E-state index in [1.165, 1.54) is 22.5 Å². The van der Waals surface area contributed by atoms with Crippen LogP contribution in [-0.2, 0) is 25.8 Å². The van der Waals surface area contributed by atoms with E-state index in [-0.39, 0.29) is 0 Å². The molecule has 5 nitrogen and oxygen atoms in total. The Morgan fingerprint density at radius 3 is 2.15 bits per heavy atom. The number of benzene rings is 3. The Balaban J connectivity index is 1.29. The predicted molar refractivity (Wildman–Crippen MR) is 172 cm³/mol. The topological polar surface area (TPSA) is 39.5 Å². The van der Waals surface area contributed by atoms with E-state index in [1.807, 2.05) is 24.3 Å². The van der Waals surface area contributed by atoms with Gasteiger partial charge in [-0.3, -0.25) is 0 Å². The number of imidazole rings is 1. The maximum atomic E-state index is 6.14. The molecule has 0 bridgehead atoms. The highest BCUT2D eigenvalue weighted by Gasteiger charge is 2.12. The van der Waals surface area contributed by atoms with Crippen molar-refractivity contribution < 1.29 is 9.47 Å². The summed E-state index contributed by atoms with van der Waals surface area (Å²) >= 11 is 5.97. The van der Waals surface area contributed by atoms with Crippen molar-refractivity contribution in [2.45, 2.75) is 72.3 Å². The minimum Gasteiger partial charge on any atom is -0.493 e. The van der Waals surface area contributed by atoms with Crippen molar-refractivity contribution in [3.8, 4) is 11.5 Å². The van der Waals surface area contributed by atoms with Gasteiger partial charge in [0.25, 0.3) is 0 Å². The van der Waals surface area contributed by atoms with E-state index in [9.17, 15) is 0 Å². The van der Waals surface area contributed by atoms with Crippen LogP contribution in [-0.4, -0.2) is 47.3 Å². The van der Waals surface area contributed by atoms with E-state index < -0.39 is 0 Å². The summed E-state index contributed by atoms with van der Waals surface area (Å²) in [6, 6.07) is 22.8. The second kappa shape index (κ2) is 16.4. The number of fused-ring (bicyclic) bond motifs is 1. The monoisotopic (exact) mass is 575 g/mol. The van der Waals surface area contributed by atoms with Crippen LogP contribution in [0.5, 0.6) is 11.5 Å². The molecule has 3 aromatic carbocycles. The largest absolute Gasteiger partial charge is 0.493 e. The van der Waals surface area contributed by atoms with Gasteiger partial charge in [-0.25, -0.2) is 4.98 Å².